The highest BCUT2D eigenvalue weighted by atomic mass is 19.1. The van der Waals surface area contributed by atoms with Gasteiger partial charge < -0.3 is 14.2 Å². The molecule has 2 rings (SSSR count). The topological polar surface area (TPSA) is 27.7 Å². The normalized spacial score (nSPS) is 23.3. The van der Waals surface area contributed by atoms with Crippen LogP contribution < -0.4 is 4.74 Å². The van der Waals surface area contributed by atoms with E-state index < -0.39 is 19.0 Å². The second-order valence-electron chi connectivity index (χ2n) is 4.60. The standard InChI is InChI=1S/C14H18F2O3/c1-2-3-10-7-17-14(18-8-10)11-4-5-13(19-9-15)12(16)6-11/h4-6,10,14H,2-3,7-9H2,1H3. The Hall–Kier alpha value is -1.20. The number of halogens is 2. The van der Waals surface area contributed by atoms with Crippen molar-refractivity contribution in [1.82, 2.24) is 0 Å². The van der Waals surface area contributed by atoms with Gasteiger partial charge in [0.2, 0.25) is 6.86 Å². The van der Waals surface area contributed by atoms with Crippen LogP contribution in [0.15, 0.2) is 18.2 Å². The fraction of sp³-hybridized carbons (Fsp3) is 0.571. The summed E-state index contributed by atoms with van der Waals surface area (Å²) in [5.74, 6) is -0.316. The minimum atomic E-state index is -1.05. The summed E-state index contributed by atoms with van der Waals surface area (Å²) >= 11 is 0. The Morgan fingerprint density at radius 3 is 2.63 bits per heavy atom. The minimum absolute atomic E-state index is 0.106. The molecule has 0 unspecified atom stereocenters. The van der Waals surface area contributed by atoms with Crippen LogP contribution in [0.5, 0.6) is 5.75 Å². The van der Waals surface area contributed by atoms with Gasteiger partial charge in [0.25, 0.3) is 0 Å². The molecule has 0 amide bonds. The molecule has 0 N–H and O–H groups in total. The predicted octanol–water partition coefficient (Wildman–Crippen LogP) is 3.59. The van der Waals surface area contributed by atoms with Crippen molar-refractivity contribution in [3.63, 3.8) is 0 Å². The van der Waals surface area contributed by atoms with Crippen molar-refractivity contribution < 1.29 is 23.0 Å². The maximum atomic E-state index is 13.6. The molecule has 5 heteroatoms. The van der Waals surface area contributed by atoms with Crippen molar-refractivity contribution in [2.75, 3.05) is 20.1 Å². The first kappa shape index (κ1) is 14.2. The summed E-state index contributed by atoms with van der Waals surface area (Å²) in [6.07, 6.45) is 1.60. The van der Waals surface area contributed by atoms with Crippen molar-refractivity contribution in [2.24, 2.45) is 5.92 Å². The second-order valence-corrected chi connectivity index (χ2v) is 4.60. The SMILES string of the molecule is CCCC1COC(c2ccc(OCF)c(F)c2)OC1. The van der Waals surface area contributed by atoms with Crippen molar-refractivity contribution in [3.8, 4) is 5.75 Å². The molecule has 1 aliphatic heterocycles. The number of ether oxygens (including phenoxy) is 3. The van der Waals surface area contributed by atoms with Gasteiger partial charge in [0.15, 0.2) is 17.9 Å². The van der Waals surface area contributed by atoms with Gasteiger partial charge in [0.1, 0.15) is 0 Å². The zero-order valence-electron chi connectivity index (χ0n) is 10.9. The number of hydrogen-bond acceptors (Lipinski definition) is 3. The van der Waals surface area contributed by atoms with E-state index in [1.165, 1.54) is 12.1 Å². The summed E-state index contributed by atoms with van der Waals surface area (Å²) in [5, 5.41) is 0. The Balaban J connectivity index is 1.97. The fourth-order valence-electron chi connectivity index (χ4n) is 2.15. The molecule has 1 saturated heterocycles. The number of benzene rings is 1. The van der Waals surface area contributed by atoms with Crippen LogP contribution in [0.1, 0.15) is 31.6 Å². The van der Waals surface area contributed by atoms with Gasteiger partial charge in [-0.05, 0) is 18.6 Å². The average Bonchev–Trinajstić information content (AvgIpc) is 2.43. The molecule has 106 valence electrons. The molecule has 0 atom stereocenters. The van der Waals surface area contributed by atoms with E-state index >= 15 is 0 Å². The highest BCUT2D eigenvalue weighted by molar-refractivity contribution is 5.30. The number of hydrogen-bond donors (Lipinski definition) is 0. The summed E-state index contributed by atoms with van der Waals surface area (Å²) in [6.45, 7) is 2.29. The van der Waals surface area contributed by atoms with E-state index in [4.69, 9.17) is 9.47 Å². The maximum absolute atomic E-state index is 13.6. The third-order valence-electron chi connectivity index (χ3n) is 3.10. The van der Waals surface area contributed by atoms with E-state index in [9.17, 15) is 8.78 Å². The Morgan fingerprint density at radius 1 is 1.32 bits per heavy atom. The fourth-order valence-corrected chi connectivity index (χ4v) is 2.15. The quantitative estimate of drug-likeness (QED) is 0.819. The van der Waals surface area contributed by atoms with E-state index in [1.807, 2.05) is 0 Å². The maximum Gasteiger partial charge on any atom is 0.228 e. The first-order chi connectivity index (χ1) is 9.24. The van der Waals surface area contributed by atoms with E-state index in [2.05, 4.69) is 11.7 Å². The number of alkyl halides is 1. The van der Waals surface area contributed by atoms with Gasteiger partial charge in [-0.15, -0.1) is 0 Å². The largest absolute Gasteiger partial charge is 0.460 e. The second kappa shape index (κ2) is 6.82. The van der Waals surface area contributed by atoms with Crippen LogP contribution >= 0.6 is 0 Å². The Labute approximate surface area is 111 Å². The predicted molar refractivity (Wildman–Crippen MR) is 66.0 cm³/mol. The zero-order valence-corrected chi connectivity index (χ0v) is 10.9. The lowest BCUT2D eigenvalue weighted by molar-refractivity contribution is -0.206. The van der Waals surface area contributed by atoms with Crippen LogP contribution in [-0.4, -0.2) is 20.1 Å². The molecule has 0 aliphatic carbocycles. The molecular weight excluding hydrogens is 254 g/mol. The highest BCUT2D eigenvalue weighted by Gasteiger charge is 2.23. The number of rotatable bonds is 5. The molecule has 1 aliphatic rings. The first-order valence-electron chi connectivity index (χ1n) is 6.46. The third kappa shape index (κ3) is 3.64. The van der Waals surface area contributed by atoms with Crippen molar-refractivity contribution in [1.29, 1.82) is 0 Å². The van der Waals surface area contributed by atoms with Gasteiger partial charge in [-0.2, -0.15) is 0 Å². The zero-order chi connectivity index (χ0) is 13.7. The summed E-state index contributed by atoms with van der Waals surface area (Å²) in [4.78, 5) is 0. The minimum Gasteiger partial charge on any atom is -0.460 e. The van der Waals surface area contributed by atoms with Crippen molar-refractivity contribution in [2.45, 2.75) is 26.1 Å². The van der Waals surface area contributed by atoms with Gasteiger partial charge >= 0.3 is 0 Å². The average molecular weight is 272 g/mol. The van der Waals surface area contributed by atoms with Crippen LogP contribution in [0, 0.1) is 11.7 Å². The smallest absolute Gasteiger partial charge is 0.228 e. The molecule has 1 aromatic carbocycles. The van der Waals surface area contributed by atoms with E-state index in [-0.39, 0.29) is 5.75 Å². The van der Waals surface area contributed by atoms with Crippen molar-refractivity contribution >= 4 is 0 Å². The molecule has 1 fully saturated rings. The highest BCUT2D eigenvalue weighted by Crippen LogP contribution is 2.29. The molecule has 0 aromatic heterocycles. The van der Waals surface area contributed by atoms with Crippen LogP contribution in [0.3, 0.4) is 0 Å². The molecule has 1 heterocycles. The van der Waals surface area contributed by atoms with Crippen LogP contribution in [-0.2, 0) is 9.47 Å². The Bertz CT molecular complexity index is 404. The summed E-state index contributed by atoms with van der Waals surface area (Å²) in [5.41, 5.74) is 0.582. The first-order valence-corrected chi connectivity index (χ1v) is 6.46. The van der Waals surface area contributed by atoms with Gasteiger partial charge in [-0.1, -0.05) is 19.4 Å². The lowest BCUT2D eigenvalue weighted by atomic mass is 10.1. The molecule has 0 spiro atoms. The molecule has 0 bridgehead atoms. The van der Waals surface area contributed by atoms with E-state index in [0.717, 1.165) is 12.8 Å². The third-order valence-corrected chi connectivity index (χ3v) is 3.10. The van der Waals surface area contributed by atoms with Gasteiger partial charge in [-0.25, -0.2) is 8.78 Å². The lowest BCUT2D eigenvalue weighted by Gasteiger charge is -2.29. The molecule has 0 saturated carbocycles. The van der Waals surface area contributed by atoms with Crippen LogP contribution in [0.25, 0.3) is 0 Å². The van der Waals surface area contributed by atoms with Crippen molar-refractivity contribution in [3.05, 3.63) is 29.6 Å². The van der Waals surface area contributed by atoms with E-state index in [0.29, 0.717) is 24.7 Å². The summed E-state index contributed by atoms with van der Waals surface area (Å²) < 4.78 is 41.2. The Kier molecular flexibility index (Phi) is 5.10. The van der Waals surface area contributed by atoms with Crippen LogP contribution in [0.2, 0.25) is 0 Å². The molecule has 19 heavy (non-hydrogen) atoms. The lowest BCUT2D eigenvalue weighted by Crippen LogP contribution is -2.27. The summed E-state index contributed by atoms with van der Waals surface area (Å²) in [7, 11) is 0. The molecular formula is C14H18F2O3. The summed E-state index contributed by atoms with van der Waals surface area (Å²) in [6, 6.07) is 4.27. The van der Waals surface area contributed by atoms with Gasteiger partial charge in [0, 0.05) is 11.5 Å². The molecule has 0 radical (unpaired) electrons. The molecule has 3 nitrogen and oxygen atoms in total. The van der Waals surface area contributed by atoms with Crippen LogP contribution in [0.4, 0.5) is 8.78 Å². The monoisotopic (exact) mass is 272 g/mol. The van der Waals surface area contributed by atoms with Gasteiger partial charge in [0.05, 0.1) is 13.2 Å². The van der Waals surface area contributed by atoms with Gasteiger partial charge in [-0.3, -0.25) is 0 Å². The van der Waals surface area contributed by atoms with E-state index in [1.54, 1.807) is 6.07 Å². The Morgan fingerprint density at radius 2 is 2.05 bits per heavy atom. The molecule has 1 aromatic rings.